The van der Waals surface area contributed by atoms with Gasteiger partial charge in [-0.15, -0.1) is 0 Å². The average Bonchev–Trinajstić information content (AvgIpc) is 2.42. The summed E-state index contributed by atoms with van der Waals surface area (Å²) in [6.45, 7) is 4.44. The maximum absolute atomic E-state index is 5.79. The Kier molecular flexibility index (Phi) is 4.58. The molecule has 1 unspecified atom stereocenters. The predicted molar refractivity (Wildman–Crippen MR) is 79.6 cm³/mol. The number of benzene rings is 2. The lowest BCUT2D eigenvalue weighted by atomic mass is 9.96. The fourth-order valence-electron chi connectivity index (χ4n) is 2.25. The maximum atomic E-state index is 5.79. The second kappa shape index (κ2) is 6.39. The van der Waals surface area contributed by atoms with Crippen LogP contribution < -0.4 is 10.1 Å². The zero-order valence-corrected chi connectivity index (χ0v) is 11.8. The minimum Gasteiger partial charge on any atom is -0.457 e. The van der Waals surface area contributed by atoms with Gasteiger partial charge in [0.1, 0.15) is 11.5 Å². The maximum Gasteiger partial charge on any atom is 0.127 e. The van der Waals surface area contributed by atoms with Gasteiger partial charge in [0.2, 0.25) is 0 Å². The Hall–Kier alpha value is -1.80. The lowest BCUT2D eigenvalue weighted by Crippen LogP contribution is -2.21. The average molecular weight is 255 g/mol. The summed E-state index contributed by atoms with van der Waals surface area (Å²) in [6, 6.07) is 18.5. The quantitative estimate of drug-likeness (QED) is 0.855. The smallest absolute Gasteiger partial charge is 0.127 e. The van der Waals surface area contributed by atoms with Crippen molar-refractivity contribution in [2.75, 3.05) is 7.05 Å². The highest BCUT2D eigenvalue weighted by atomic mass is 16.5. The number of rotatable bonds is 5. The third-order valence-electron chi connectivity index (χ3n) is 3.20. The van der Waals surface area contributed by atoms with Gasteiger partial charge < -0.3 is 10.1 Å². The van der Waals surface area contributed by atoms with Crippen LogP contribution in [0, 0.1) is 5.92 Å². The Morgan fingerprint density at radius 1 is 0.842 bits per heavy atom. The van der Waals surface area contributed by atoms with E-state index in [0.717, 1.165) is 11.5 Å². The van der Waals surface area contributed by atoms with E-state index in [1.807, 2.05) is 49.5 Å². The Labute approximate surface area is 115 Å². The minimum absolute atomic E-state index is 0.380. The van der Waals surface area contributed by atoms with Crippen molar-refractivity contribution in [3.8, 4) is 11.5 Å². The molecule has 1 N–H and O–H groups in total. The van der Waals surface area contributed by atoms with E-state index >= 15 is 0 Å². The van der Waals surface area contributed by atoms with Crippen LogP contribution in [0.4, 0.5) is 0 Å². The summed E-state index contributed by atoms with van der Waals surface area (Å²) in [5.74, 6) is 2.30. The van der Waals surface area contributed by atoms with E-state index in [1.54, 1.807) is 0 Å². The molecule has 0 aromatic heterocycles. The van der Waals surface area contributed by atoms with Crippen molar-refractivity contribution in [2.45, 2.75) is 19.9 Å². The second-order valence-electron chi connectivity index (χ2n) is 4.99. The number of hydrogen-bond donors (Lipinski definition) is 1. The van der Waals surface area contributed by atoms with E-state index < -0.39 is 0 Å². The summed E-state index contributed by atoms with van der Waals surface area (Å²) in [7, 11) is 2.00. The molecule has 0 aliphatic carbocycles. The van der Waals surface area contributed by atoms with Crippen LogP contribution in [-0.2, 0) is 0 Å². The normalized spacial score (nSPS) is 12.4. The van der Waals surface area contributed by atoms with Gasteiger partial charge in [0, 0.05) is 6.04 Å². The number of nitrogens with one attached hydrogen (secondary N) is 1. The van der Waals surface area contributed by atoms with E-state index in [0.29, 0.717) is 12.0 Å². The molecular formula is C17H21NO. The monoisotopic (exact) mass is 255 g/mol. The summed E-state index contributed by atoms with van der Waals surface area (Å²) in [5, 5.41) is 3.35. The van der Waals surface area contributed by atoms with Crippen LogP contribution in [0.1, 0.15) is 25.5 Å². The van der Waals surface area contributed by atoms with Gasteiger partial charge in [-0.1, -0.05) is 44.2 Å². The molecule has 0 heterocycles. The zero-order chi connectivity index (χ0) is 13.7. The summed E-state index contributed by atoms with van der Waals surface area (Å²) < 4.78 is 5.79. The third-order valence-corrected chi connectivity index (χ3v) is 3.20. The molecule has 2 rings (SSSR count). The Bertz CT molecular complexity index is 490. The highest BCUT2D eigenvalue weighted by molar-refractivity contribution is 5.34. The standard InChI is InChI=1S/C17H21NO/c1-13(2)17(18-3)14-9-11-16(12-10-14)19-15-7-5-4-6-8-15/h4-13,17-18H,1-3H3. The van der Waals surface area contributed by atoms with Crippen molar-refractivity contribution in [1.82, 2.24) is 5.32 Å². The molecule has 1 atom stereocenters. The zero-order valence-electron chi connectivity index (χ0n) is 11.8. The summed E-state index contributed by atoms with van der Waals surface area (Å²) >= 11 is 0. The molecule has 2 heteroatoms. The molecule has 0 fully saturated rings. The van der Waals surface area contributed by atoms with Gasteiger partial charge in [-0.05, 0) is 42.8 Å². The first-order valence-corrected chi connectivity index (χ1v) is 6.71. The molecule has 2 aromatic rings. The predicted octanol–water partition coefficient (Wildman–Crippen LogP) is 4.40. The molecule has 2 nitrogen and oxygen atoms in total. The fraction of sp³-hybridized carbons (Fsp3) is 0.294. The molecule has 100 valence electrons. The van der Waals surface area contributed by atoms with Gasteiger partial charge in [-0.2, -0.15) is 0 Å². The first-order valence-electron chi connectivity index (χ1n) is 6.71. The van der Waals surface area contributed by atoms with Crippen LogP contribution in [0.2, 0.25) is 0 Å². The van der Waals surface area contributed by atoms with Crippen molar-refractivity contribution >= 4 is 0 Å². The van der Waals surface area contributed by atoms with Gasteiger partial charge in [-0.25, -0.2) is 0 Å². The van der Waals surface area contributed by atoms with Gasteiger partial charge in [0.05, 0.1) is 0 Å². The van der Waals surface area contributed by atoms with E-state index in [1.165, 1.54) is 5.56 Å². The van der Waals surface area contributed by atoms with Gasteiger partial charge in [0.25, 0.3) is 0 Å². The highest BCUT2D eigenvalue weighted by Crippen LogP contribution is 2.25. The third kappa shape index (κ3) is 3.58. The fourth-order valence-corrected chi connectivity index (χ4v) is 2.25. The van der Waals surface area contributed by atoms with Crippen LogP contribution >= 0.6 is 0 Å². The number of hydrogen-bond acceptors (Lipinski definition) is 2. The number of ether oxygens (including phenoxy) is 1. The van der Waals surface area contributed by atoms with Gasteiger partial charge in [0.15, 0.2) is 0 Å². The molecule has 2 aromatic carbocycles. The molecule has 0 radical (unpaired) electrons. The molecule has 0 bridgehead atoms. The Balaban J connectivity index is 2.10. The largest absolute Gasteiger partial charge is 0.457 e. The topological polar surface area (TPSA) is 21.3 Å². The molecule has 0 amide bonds. The van der Waals surface area contributed by atoms with Crippen LogP contribution in [0.25, 0.3) is 0 Å². The lowest BCUT2D eigenvalue weighted by Gasteiger charge is -2.20. The van der Waals surface area contributed by atoms with Crippen molar-refractivity contribution < 1.29 is 4.74 Å². The van der Waals surface area contributed by atoms with Crippen LogP contribution in [0.3, 0.4) is 0 Å². The molecular weight excluding hydrogens is 234 g/mol. The van der Waals surface area contributed by atoms with Crippen LogP contribution in [0.15, 0.2) is 54.6 Å². The molecule has 19 heavy (non-hydrogen) atoms. The van der Waals surface area contributed by atoms with Crippen LogP contribution in [0.5, 0.6) is 11.5 Å². The van der Waals surface area contributed by atoms with Gasteiger partial charge >= 0.3 is 0 Å². The van der Waals surface area contributed by atoms with Crippen molar-refractivity contribution in [1.29, 1.82) is 0 Å². The first-order chi connectivity index (χ1) is 9.20. The first kappa shape index (κ1) is 13.6. The van der Waals surface area contributed by atoms with Gasteiger partial charge in [-0.3, -0.25) is 0 Å². The van der Waals surface area contributed by atoms with Crippen molar-refractivity contribution in [3.05, 3.63) is 60.2 Å². The highest BCUT2D eigenvalue weighted by Gasteiger charge is 2.13. The summed E-state index contributed by atoms with van der Waals surface area (Å²) in [4.78, 5) is 0. The molecule has 0 saturated heterocycles. The molecule has 0 saturated carbocycles. The minimum atomic E-state index is 0.380. The van der Waals surface area contributed by atoms with E-state index in [9.17, 15) is 0 Å². The van der Waals surface area contributed by atoms with E-state index in [2.05, 4.69) is 31.3 Å². The SMILES string of the molecule is CNC(c1ccc(Oc2ccccc2)cc1)C(C)C. The molecule has 0 aliphatic heterocycles. The van der Waals surface area contributed by atoms with E-state index in [-0.39, 0.29) is 0 Å². The van der Waals surface area contributed by atoms with E-state index in [4.69, 9.17) is 4.74 Å². The second-order valence-corrected chi connectivity index (χ2v) is 4.99. The Morgan fingerprint density at radius 3 is 1.95 bits per heavy atom. The lowest BCUT2D eigenvalue weighted by molar-refractivity contribution is 0.441. The molecule has 0 spiro atoms. The Morgan fingerprint density at radius 2 is 1.42 bits per heavy atom. The van der Waals surface area contributed by atoms with Crippen molar-refractivity contribution in [2.24, 2.45) is 5.92 Å². The molecule has 0 aliphatic rings. The summed E-state index contributed by atoms with van der Waals surface area (Å²) in [6.07, 6.45) is 0. The number of para-hydroxylation sites is 1. The van der Waals surface area contributed by atoms with Crippen molar-refractivity contribution in [3.63, 3.8) is 0 Å². The van der Waals surface area contributed by atoms with Crippen LogP contribution in [-0.4, -0.2) is 7.05 Å². The summed E-state index contributed by atoms with van der Waals surface area (Å²) in [5.41, 5.74) is 1.29.